The predicted molar refractivity (Wildman–Crippen MR) is 206 cm³/mol. The molecule has 0 radical (unpaired) electrons. The normalized spacial score (nSPS) is 13.9. The van der Waals surface area contributed by atoms with Gasteiger partial charge in [0.2, 0.25) is 0 Å². The van der Waals surface area contributed by atoms with Gasteiger partial charge in [-0.1, -0.05) is 127 Å². The molecule has 0 aromatic heterocycles. The summed E-state index contributed by atoms with van der Waals surface area (Å²) in [5, 5.41) is 0. The topological polar surface area (TPSA) is 134 Å². The van der Waals surface area contributed by atoms with E-state index in [0.717, 1.165) is 83.5 Å². The van der Waals surface area contributed by atoms with Crippen molar-refractivity contribution >= 4 is 19.8 Å². The molecule has 290 valence electrons. The Morgan fingerprint density at radius 2 is 1.10 bits per heavy atom. The van der Waals surface area contributed by atoms with Crippen molar-refractivity contribution in [2.45, 2.75) is 168 Å². The van der Waals surface area contributed by atoms with E-state index in [1.54, 1.807) is 0 Å². The summed E-state index contributed by atoms with van der Waals surface area (Å²) >= 11 is 0. The Bertz CT molecular complexity index is 965. The maximum Gasteiger partial charge on any atom is 0.472 e. The fourth-order valence-electron chi connectivity index (χ4n) is 5.05. The number of unbranched alkanes of at least 4 members (excludes halogenated alkanes) is 15. The van der Waals surface area contributed by atoms with Crippen LogP contribution in [0.25, 0.3) is 0 Å². The Morgan fingerprint density at radius 1 is 0.620 bits per heavy atom. The number of hydrogen-bond acceptors (Lipinski definition) is 8. The number of carbonyl (C=O) groups excluding carboxylic acids is 2. The molecule has 0 aliphatic rings. The van der Waals surface area contributed by atoms with E-state index in [9.17, 15) is 19.0 Å². The van der Waals surface area contributed by atoms with Crippen LogP contribution in [0, 0.1) is 0 Å². The number of rotatable bonds is 36. The molecular formula is C40H72NO8P. The molecule has 10 heteroatoms. The molecule has 2 atom stereocenters. The molecule has 0 aromatic carbocycles. The van der Waals surface area contributed by atoms with E-state index in [4.69, 9.17) is 24.3 Å². The lowest BCUT2D eigenvalue weighted by Crippen LogP contribution is -2.29. The van der Waals surface area contributed by atoms with Gasteiger partial charge >= 0.3 is 19.8 Å². The van der Waals surface area contributed by atoms with Crippen molar-refractivity contribution in [3.8, 4) is 0 Å². The second-order valence-corrected chi connectivity index (χ2v) is 14.2. The van der Waals surface area contributed by atoms with E-state index >= 15 is 0 Å². The second kappa shape index (κ2) is 36.8. The maximum absolute atomic E-state index is 12.5. The number of phosphoric ester groups is 1. The number of phosphoric acid groups is 1. The molecule has 50 heavy (non-hydrogen) atoms. The van der Waals surface area contributed by atoms with Crippen LogP contribution in [-0.2, 0) is 32.7 Å². The average Bonchev–Trinajstić information content (AvgIpc) is 3.10. The van der Waals surface area contributed by atoms with Crippen molar-refractivity contribution in [2.75, 3.05) is 26.4 Å². The van der Waals surface area contributed by atoms with Crippen LogP contribution in [-0.4, -0.2) is 49.3 Å². The number of ether oxygens (including phenoxy) is 2. The summed E-state index contributed by atoms with van der Waals surface area (Å²) in [6, 6.07) is 0. The highest BCUT2D eigenvalue weighted by Gasteiger charge is 2.25. The fraction of sp³-hybridized carbons (Fsp3) is 0.750. The molecule has 9 nitrogen and oxygen atoms in total. The van der Waals surface area contributed by atoms with Gasteiger partial charge in [0.05, 0.1) is 13.2 Å². The first-order chi connectivity index (χ1) is 24.3. The van der Waals surface area contributed by atoms with E-state index < -0.39 is 32.5 Å². The summed E-state index contributed by atoms with van der Waals surface area (Å²) < 4.78 is 32.6. The van der Waals surface area contributed by atoms with Crippen LogP contribution in [0.2, 0.25) is 0 Å². The Kier molecular flexibility index (Phi) is 35.3. The summed E-state index contributed by atoms with van der Waals surface area (Å²) in [5.41, 5.74) is 5.33. The Morgan fingerprint density at radius 3 is 1.66 bits per heavy atom. The molecular weight excluding hydrogens is 653 g/mol. The van der Waals surface area contributed by atoms with E-state index in [2.05, 4.69) is 62.5 Å². The molecule has 0 aliphatic heterocycles. The third-order valence-electron chi connectivity index (χ3n) is 7.95. The predicted octanol–water partition coefficient (Wildman–Crippen LogP) is 10.8. The first-order valence-electron chi connectivity index (χ1n) is 19.6. The number of hydrogen-bond donors (Lipinski definition) is 2. The highest BCUT2D eigenvalue weighted by Crippen LogP contribution is 2.43. The van der Waals surface area contributed by atoms with E-state index in [0.29, 0.717) is 12.8 Å². The van der Waals surface area contributed by atoms with Crippen LogP contribution in [0.5, 0.6) is 0 Å². The average molecular weight is 726 g/mol. The van der Waals surface area contributed by atoms with Gasteiger partial charge < -0.3 is 20.1 Å². The minimum atomic E-state index is -4.38. The van der Waals surface area contributed by atoms with Gasteiger partial charge in [0.15, 0.2) is 6.10 Å². The van der Waals surface area contributed by atoms with Crippen molar-refractivity contribution in [1.82, 2.24) is 0 Å². The summed E-state index contributed by atoms with van der Waals surface area (Å²) in [4.78, 5) is 34.7. The van der Waals surface area contributed by atoms with Crippen molar-refractivity contribution in [3.05, 3.63) is 48.6 Å². The second-order valence-electron chi connectivity index (χ2n) is 12.8. The lowest BCUT2D eigenvalue weighted by atomic mass is 10.1. The number of allylic oxidation sites excluding steroid dienone is 8. The molecule has 0 aliphatic carbocycles. The third-order valence-corrected chi connectivity index (χ3v) is 8.93. The zero-order chi connectivity index (χ0) is 36.8. The van der Waals surface area contributed by atoms with E-state index in [-0.39, 0.29) is 32.6 Å². The SMILES string of the molecule is CC/C=C\C/C=C\C/C=C\CCCCCCCC(=O)OC[C@H](COP(=O)(O)OCCN)OC(=O)CCCCCCC/C=C\CCCCCCC. The zero-order valence-corrected chi connectivity index (χ0v) is 32.5. The minimum absolute atomic E-state index is 0.0479. The van der Waals surface area contributed by atoms with Gasteiger partial charge in [-0.15, -0.1) is 0 Å². The molecule has 0 saturated carbocycles. The number of nitrogens with two attached hydrogens (primary N) is 1. The van der Waals surface area contributed by atoms with Crippen LogP contribution in [0.15, 0.2) is 48.6 Å². The first-order valence-corrected chi connectivity index (χ1v) is 21.1. The number of carbonyl (C=O) groups is 2. The third kappa shape index (κ3) is 35.8. The van der Waals surface area contributed by atoms with Crippen molar-refractivity contribution in [2.24, 2.45) is 5.73 Å². The summed E-state index contributed by atoms with van der Waals surface area (Å²) in [7, 11) is -4.38. The Balaban J connectivity index is 4.26. The summed E-state index contributed by atoms with van der Waals surface area (Å²) in [6.07, 6.45) is 39.9. The molecule has 0 aromatic rings. The van der Waals surface area contributed by atoms with Crippen molar-refractivity contribution < 1.29 is 37.6 Å². The van der Waals surface area contributed by atoms with Crippen molar-refractivity contribution in [1.29, 1.82) is 0 Å². The first kappa shape index (κ1) is 48.0. The molecule has 0 fully saturated rings. The van der Waals surface area contributed by atoms with Gasteiger partial charge in [-0.2, -0.15) is 0 Å². The fourth-order valence-corrected chi connectivity index (χ4v) is 5.82. The molecule has 3 N–H and O–H groups in total. The lowest BCUT2D eigenvalue weighted by Gasteiger charge is -2.19. The highest BCUT2D eigenvalue weighted by molar-refractivity contribution is 7.47. The van der Waals surface area contributed by atoms with Gasteiger partial charge in [-0.3, -0.25) is 18.6 Å². The minimum Gasteiger partial charge on any atom is -0.462 e. The standard InChI is InChI=1S/C40H72NO8P/c1-3-5-7-9-11-13-15-17-19-21-22-24-26-28-30-32-39(42)46-36-38(37-48-50(44,45)47-35-34-41)49-40(43)33-31-29-27-25-23-20-18-16-14-12-10-8-6-4-2/h5,7,11,13,16-19,38H,3-4,6,8-10,12,14-15,20-37,41H2,1-2H3,(H,44,45)/b7-5-,13-11-,18-16-,19-17-/t38-/m1/s1. The van der Waals surface area contributed by atoms with Crippen LogP contribution in [0.4, 0.5) is 0 Å². The van der Waals surface area contributed by atoms with Crippen molar-refractivity contribution in [3.63, 3.8) is 0 Å². The van der Waals surface area contributed by atoms with Gasteiger partial charge in [0.1, 0.15) is 6.61 Å². The Labute approximate surface area is 305 Å². The van der Waals surface area contributed by atoms with Crippen LogP contribution in [0.1, 0.15) is 162 Å². The molecule has 0 spiro atoms. The molecule has 0 saturated heterocycles. The summed E-state index contributed by atoms with van der Waals surface area (Å²) in [5.74, 6) is -0.862. The largest absolute Gasteiger partial charge is 0.472 e. The van der Waals surface area contributed by atoms with Crippen LogP contribution in [0.3, 0.4) is 0 Å². The molecule has 0 rings (SSSR count). The maximum atomic E-state index is 12.5. The summed E-state index contributed by atoms with van der Waals surface area (Å²) in [6.45, 7) is 3.56. The van der Waals surface area contributed by atoms with Gasteiger partial charge in [0, 0.05) is 19.4 Å². The van der Waals surface area contributed by atoms with Gasteiger partial charge in [-0.05, 0) is 70.6 Å². The van der Waals surface area contributed by atoms with Crippen LogP contribution >= 0.6 is 7.82 Å². The molecule has 1 unspecified atom stereocenters. The van der Waals surface area contributed by atoms with E-state index in [1.807, 2.05) is 0 Å². The van der Waals surface area contributed by atoms with Gasteiger partial charge in [-0.25, -0.2) is 4.57 Å². The number of esters is 2. The zero-order valence-electron chi connectivity index (χ0n) is 31.6. The smallest absolute Gasteiger partial charge is 0.462 e. The lowest BCUT2D eigenvalue weighted by molar-refractivity contribution is -0.161. The highest BCUT2D eigenvalue weighted by atomic mass is 31.2. The van der Waals surface area contributed by atoms with Gasteiger partial charge in [0.25, 0.3) is 0 Å². The van der Waals surface area contributed by atoms with E-state index in [1.165, 1.54) is 38.5 Å². The Hall–Kier alpha value is -2.03. The molecule has 0 heterocycles. The molecule has 0 bridgehead atoms. The molecule has 0 amide bonds. The monoisotopic (exact) mass is 725 g/mol. The van der Waals surface area contributed by atoms with Crippen LogP contribution < -0.4 is 5.73 Å². The quantitative estimate of drug-likeness (QED) is 0.0280.